The molecule has 3 aliphatic rings. The number of carbonyl (C=O) groups is 2. The lowest BCUT2D eigenvalue weighted by Crippen LogP contribution is -2.45. The first-order chi connectivity index (χ1) is 14.7. The van der Waals surface area contributed by atoms with Crippen LogP contribution in [0.4, 0.5) is 0 Å². The predicted octanol–water partition coefficient (Wildman–Crippen LogP) is 4.64. The Morgan fingerprint density at radius 2 is 1.81 bits per heavy atom. The van der Waals surface area contributed by atoms with E-state index in [4.69, 9.17) is 18.9 Å². The topological polar surface area (TPSA) is 71.1 Å². The minimum Gasteiger partial charge on any atom is -0.496 e. The Morgan fingerprint density at radius 1 is 1.10 bits per heavy atom. The molecule has 1 aliphatic carbocycles. The van der Waals surface area contributed by atoms with Crippen LogP contribution in [0, 0.1) is 19.8 Å². The number of methoxy groups -OCH3 is 1. The van der Waals surface area contributed by atoms with Crippen LogP contribution < -0.4 is 4.74 Å². The molecule has 2 spiro atoms. The second kappa shape index (κ2) is 7.97. The van der Waals surface area contributed by atoms with Gasteiger partial charge in [0.2, 0.25) is 0 Å². The lowest BCUT2D eigenvalue weighted by Gasteiger charge is -2.41. The second-order valence-electron chi connectivity index (χ2n) is 9.46. The quantitative estimate of drug-likeness (QED) is 0.651. The highest BCUT2D eigenvalue weighted by molar-refractivity contribution is 6.21. The summed E-state index contributed by atoms with van der Waals surface area (Å²) >= 11 is 0. The Balaban J connectivity index is 1.82. The molecule has 1 aromatic rings. The standard InChI is InChI=1S/C25H32O6/c1-15(2)22(26)30-21-20(19-17(4)13-16(3)14-18(19)28-5)23(27)31-25(21)10-8-24(9-11-25)7-6-12-29-24/h13-15H,6-12H2,1-5H3. The summed E-state index contributed by atoms with van der Waals surface area (Å²) in [5.41, 5.74) is 1.79. The molecule has 168 valence electrons. The Labute approximate surface area is 183 Å². The molecule has 6 nitrogen and oxygen atoms in total. The Kier molecular flexibility index (Phi) is 5.63. The SMILES string of the molecule is COc1cc(C)cc(C)c1C1=C(OC(=O)C(C)C)C2(CCC3(CCCO3)CC2)OC1=O. The van der Waals surface area contributed by atoms with Crippen LogP contribution in [0.3, 0.4) is 0 Å². The molecule has 0 N–H and O–H groups in total. The minimum atomic E-state index is -0.934. The van der Waals surface area contributed by atoms with Crippen molar-refractivity contribution >= 4 is 17.5 Å². The number of carbonyl (C=O) groups excluding carboxylic acids is 2. The second-order valence-corrected chi connectivity index (χ2v) is 9.46. The fourth-order valence-corrected chi connectivity index (χ4v) is 5.17. The van der Waals surface area contributed by atoms with E-state index in [1.54, 1.807) is 21.0 Å². The van der Waals surface area contributed by atoms with E-state index < -0.39 is 11.6 Å². The predicted molar refractivity (Wildman–Crippen MR) is 116 cm³/mol. The van der Waals surface area contributed by atoms with Gasteiger partial charge < -0.3 is 18.9 Å². The molecule has 0 radical (unpaired) electrons. The van der Waals surface area contributed by atoms with E-state index in [-0.39, 0.29) is 17.5 Å². The maximum atomic E-state index is 13.3. The molecule has 4 rings (SSSR count). The third-order valence-electron chi connectivity index (χ3n) is 6.87. The van der Waals surface area contributed by atoms with Gasteiger partial charge in [0, 0.05) is 12.2 Å². The number of rotatable bonds is 4. The average molecular weight is 429 g/mol. The summed E-state index contributed by atoms with van der Waals surface area (Å²) in [5, 5.41) is 0. The number of ether oxygens (including phenoxy) is 4. The summed E-state index contributed by atoms with van der Waals surface area (Å²) in [6.07, 6.45) is 4.80. The van der Waals surface area contributed by atoms with E-state index >= 15 is 0 Å². The van der Waals surface area contributed by atoms with Crippen molar-refractivity contribution in [1.29, 1.82) is 0 Å². The van der Waals surface area contributed by atoms with Gasteiger partial charge in [-0.15, -0.1) is 0 Å². The average Bonchev–Trinajstić information content (AvgIpc) is 3.27. The summed E-state index contributed by atoms with van der Waals surface area (Å²) in [6, 6.07) is 3.88. The highest BCUT2D eigenvalue weighted by Crippen LogP contribution is 2.53. The van der Waals surface area contributed by atoms with Gasteiger partial charge in [0.15, 0.2) is 11.4 Å². The molecule has 31 heavy (non-hydrogen) atoms. The zero-order valence-corrected chi connectivity index (χ0v) is 19.1. The third kappa shape index (κ3) is 3.75. The van der Waals surface area contributed by atoms with Gasteiger partial charge in [-0.3, -0.25) is 4.79 Å². The molecule has 2 aliphatic heterocycles. The molecule has 0 bridgehead atoms. The van der Waals surface area contributed by atoms with Crippen LogP contribution in [0.15, 0.2) is 17.9 Å². The van der Waals surface area contributed by atoms with Crippen molar-refractivity contribution in [3.05, 3.63) is 34.6 Å². The van der Waals surface area contributed by atoms with Crippen LogP contribution in [0.1, 0.15) is 69.1 Å². The van der Waals surface area contributed by atoms with Crippen LogP contribution in [-0.2, 0) is 23.8 Å². The van der Waals surface area contributed by atoms with Crippen LogP contribution in [0.5, 0.6) is 5.75 Å². The molecule has 0 amide bonds. The normalized spacial score (nSPS) is 28.0. The van der Waals surface area contributed by atoms with E-state index in [1.165, 1.54) is 0 Å². The molecule has 2 fully saturated rings. The Hall–Kier alpha value is -2.34. The van der Waals surface area contributed by atoms with Gasteiger partial charge in [0.05, 0.1) is 18.6 Å². The molecule has 6 heteroatoms. The van der Waals surface area contributed by atoms with Crippen molar-refractivity contribution in [2.45, 2.75) is 77.4 Å². The van der Waals surface area contributed by atoms with E-state index in [0.29, 0.717) is 35.5 Å². The number of aryl methyl sites for hydroxylation is 2. The van der Waals surface area contributed by atoms with Gasteiger partial charge >= 0.3 is 11.9 Å². The first-order valence-corrected chi connectivity index (χ1v) is 11.2. The Morgan fingerprint density at radius 3 is 2.39 bits per heavy atom. The molecule has 1 saturated heterocycles. The third-order valence-corrected chi connectivity index (χ3v) is 6.87. The number of hydrogen-bond acceptors (Lipinski definition) is 6. The van der Waals surface area contributed by atoms with Crippen LogP contribution >= 0.6 is 0 Å². The van der Waals surface area contributed by atoms with Crippen LogP contribution in [-0.4, -0.2) is 36.9 Å². The molecular weight excluding hydrogens is 396 g/mol. The monoisotopic (exact) mass is 428 g/mol. The van der Waals surface area contributed by atoms with Crippen molar-refractivity contribution in [3.8, 4) is 5.75 Å². The molecule has 1 saturated carbocycles. The van der Waals surface area contributed by atoms with Crippen molar-refractivity contribution in [2.24, 2.45) is 5.92 Å². The van der Waals surface area contributed by atoms with Crippen molar-refractivity contribution in [3.63, 3.8) is 0 Å². The maximum absolute atomic E-state index is 13.3. The Bertz CT molecular complexity index is 926. The summed E-state index contributed by atoms with van der Waals surface area (Å²) in [6.45, 7) is 8.26. The largest absolute Gasteiger partial charge is 0.496 e. The first kappa shape index (κ1) is 21.9. The fourth-order valence-electron chi connectivity index (χ4n) is 5.17. The lowest BCUT2D eigenvalue weighted by molar-refractivity contribution is -0.162. The van der Waals surface area contributed by atoms with Gasteiger partial charge in [0.1, 0.15) is 11.3 Å². The highest BCUT2D eigenvalue weighted by atomic mass is 16.6. The van der Waals surface area contributed by atoms with Crippen molar-refractivity contribution in [2.75, 3.05) is 13.7 Å². The maximum Gasteiger partial charge on any atom is 0.343 e. The number of benzene rings is 1. The van der Waals surface area contributed by atoms with Crippen LogP contribution in [0.25, 0.3) is 5.57 Å². The summed E-state index contributed by atoms with van der Waals surface area (Å²) in [5.74, 6) is -0.234. The van der Waals surface area contributed by atoms with E-state index in [9.17, 15) is 9.59 Å². The summed E-state index contributed by atoms with van der Waals surface area (Å²) < 4.78 is 23.7. The summed E-state index contributed by atoms with van der Waals surface area (Å²) in [4.78, 5) is 25.9. The van der Waals surface area contributed by atoms with Crippen molar-refractivity contribution in [1.82, 2.24) is 0 Å². The van der Waals surface area contributed by atoms with Crippen molar-refractivity contribution < 1.29 is 28.5 Å². The summed E-state index contributed by atoms with van der Waals surface area (Å²) in [7, 11) is 1.58. The van der Waals surface area contributed by atoms with Gasteiger partial charge in [-0.25, -0.2) is 4.79 Å². The number of hydrogen-bond donors (Lipinski definition) is 0. The molecule has 0 aromatic heterocycles. The fraction of sp³-hybridized carbons (Fsp3) is 0.600. The van der Waals surface area contributed by atoms with E-state index in [0.717, 1.165) is 43.4 Å². The van der Waals surface area contributed by atoms with Gasteiger partial charge in [-0.1, -0.05) is 19.9 Å². The number of esters is 2. The smallest absolute Gasteiger partial charge is 0.343 e. The van der Waals surface area contributed by atoms with E-state index in [1.807, 2.05) is 26.0 Å². The van der Waals surface area contributed by atoms with Gasteiger partial charge in [-0.05, 0) is 69.6 Å². The minimum absolute atomic E-state index is 0.134. The lowest BCUT2D eigenvalue weighted by atomic mass is 9.73. The van der Waals surface area contributed by atoms with E-state index in [2.05, 4.69) is 0 Å². The molecule has 0 atom stereocenters. The molecule has 1 aromatic carbocycles. The highest BCUT2D eigenvalue weighted by Gasteiger charge is 2.56. The zero-order chi connectivity index (χ0) is 22.4. The van der Waals surface area contributed by atoms with Gasteiger partial charge in [-0.2, -0.15) is 0 Å². The molecular formula is C25H32O6. The first-order valence-electron chi connectivity index (χ1n) is 11.2. The molecule has 0 unspecified atom stereocenters. The van der Waals surface area contributed by atoms with Gasteiger partial charge in [0.25, 0.3) is 0 Å². The van der Waals surface area contributed by atoms with Crippen LogP contribution in [0.2, 0.25) is 0 Å². The zero-order valence-electron chi connectivity index (χ0n) is 19.1. The molecule has 2 heterocycles.